The van der Waals surface area contributed by atoms with Crippen LogP contribution in [0.5, 0.6) is 11.5 Å². The first-order chi connectivity index (χ1) is 16.5. The van der Waals surface area contributed by atoms with Crippen molar-refractivity contribution in [2.24, 2.45) is 5.10 Å². The number of fused-ring (bicyclic) bond motifs is 1. The second kappa shape index (κ2) is 11.7. The van der Waals surface area contributed by atoms with Crippen LogP contribution in [-0.4, -0.2) is 30.0 Å². The van der Waals surface area contributed by atoms with Gasteiger partial charge in [0.1, 0.15) is 6.61 Å². The number of nitrogens with zero attached hydrogens (tertiary/aromatic N) is 2. The van der Waals surface area contributed by atoms with Crippen LogP contribution in [0, 0.1) is 10.5 Å². The van der Waals surface area contributed by atoms with E-state index in [4.69, 9.17) is 9.47 Å². The Balaban J connectivity index is 1.33. The Morgan fingerprint density at radius 1 is 1.21 bits per heavy atom. The van der Waals surface area contributed by atoms with Crippen molar-refractivity contribution in [3.8, 4) is 11.5 Å². The van der Waals surface area contributed by atoms with Crippen LogP contribution >= 0.6 is 45.7 Å². The van der Waals surface area contributed by atoms with Crippen LogP contribution in [0.3, 0.4) is 0 Å². The van der Waals surface area contributed by atoms with Crippen LogP contribution in [0.15, 0.2) is 70.1 Å². The lowest BCUT2D eigenvalue weighted by Gasteiger charge is -2.13. The first kappa shape index (κ1) is 24.5. The summed E-state index contributed by atoms with van der Waals surface area (Å²) in [5.41, 5.74) is 6.61. The second-order valence-electron chi connectivity index (χ2n) is 7.34. The predicted molar refractivity (Wildman–Crippen MR) is 147 cm³/mol. The third-order valence-electron chi connectivity index (χ3n) is 4.76. The fourth-order valence-corrected chi connectivity index (χ4v) is 5.69. The standard InChI is InChI=1S/C25H22IN3O3S2/c1-16-7-9-17(10-8-16)14-32-24-19(26)11-18(12-21(24)31-2)13-27-29-23(30)15-33-25-28-20-5-3-4-6-22(20)34-25/h3-13H,14-15H2,1-2H3,(H,29,30)/b27-13-. The molecule has 4 aromatic rings. The highest BCUT2D eigenvalue weighted by Crippen LogP contribution is 2.34. The van der Waals surface area contributed by atoms with Gasteiger partial charge in [-0.25, -0.2) is 10.4 Å². The second-order valence-corrected chi connectivity index (χ2v) is 10.8. The molecule has 1 aromatic heterocycles. The fourth-order valence-electron chi connectivity index (χ4n) is 3.05. The molecule has 34 heavy (non-hydrogen) atoms. The summed E-state index contributed by atoms with van der Waals surface area (Å²) in [5.74, 6) is 1.33. The van der Waals surface area contributed by atoms with Crippen molar-refractivity contribution in [2.45, 2.75) is 17.9 Å². The molecule has 0 radical (unpaired) electrons. The molecule has 0 saturated heterocycles. The Morgan fingerprint density at radius 3 is 2.76 bits per heavy atom. The summed E-state index contributed by atoms with van der Waals surface area (Å²) in [7, 11) is 1.60. The van der Waals surface area contributed by atoms with Crippen LogP contribution in [-0.2, 0) is 11.4 Å². The van der Waals surface area contributed by atoms with Gasteiger partial charge in [-0.3, -0.25) is 4.79 Å². The number of rotatable bonds is 9. The van der Waals surface area contributed by atoms with E-state index < -0.39 is 0 Å². The Morgan fingerprint density at radius 2 is 2.00 bits per heavy atom. The number of halogens is 1. The largest absolute Gasteiger partial charge is 0.493 e. The molecule has 1 amide bonds. The van der Waals surface area contributed by atoms with E-state index in [0.29, 0.717) is 18.1 Å². The molecule has 1 N–H and O–H groups in total. The number of hydrazone groups is 1. The molecule has 0 atom stereocenters. The molecule has 0 unspecified atom stereocenters. The van der Waals surface area contributed by atoms with E-state index in [1.165, 1.54) is 17.3 Å². The summed E-state index contributed by atoms with van der Waals surface area (Å²) < 4.78 is 14.4. The number of carbonyl (C=O) groups is 1. The number of carbonyl (C=O) groups excluding carboxylic acids is 1. The summed E-state index contributed by atoms with van der Waals surface area (Å²) in [6.45, 7) is 2.50. The number of nitrogens with one attached hydrogen (secondary N) is 1. The highest BCUT2D eigenvalue weighted by molar-refractivity contribution is 14.1. The maximum Gasteiger partial charge on any atom is 0.250 e. The molecular formula is C25H22IN3O3S2. The number of aryl methyl sites for hydroxylation is 1. The Bertz CT molecular complexity index is 1290. The van der Waals surface area contributed by atoms with Gasteiger partial charge >= 0.3 is 0 Å². The molecule has 6 nitrogen and oxygen atoms in total. The zero-order valence-electron chi connectivity index (χ0n) is 18.6. The molecule has 0 aliphatic heterocycles. The van der Waals surface area contributed by atoms with Gasteiger partial charge in [0.2, 0.25) is 0 Å². The van der Waals surface area contributed by atoms with Gasteiger partial charge in [0.25, 0.3) is 5.91 Å². The molecule has 9 heteroatoms. The molecule has 0 saturated carbocycles. The number of amides is 1. The zero-order valence-corrected chi connectivity index (χ0v) is 22.4. The van der Waals surface area contributed by atoms with Crippen LogP contribution in [0.25, 0.3) is 10.2 Å². The van der Waals surface area contributed by atoms with Crippen molar-refractivity contribution in [3.63, 3.8) is 0 Å². The van der Waals surface area contributed by atoms with Gasteiger partial charge in [-0.05, 0) is 64.9 Å². The highest BCUT2D eigenvalue weighted by Gasteiger charge is 2.12. The number of thiazole rings is 1. The summed E-state index contributed by atoms with van der Waals surface area (Å²) in [6.07, 6.45) is 1.59. The van der Waals surface area contributed by atoms with Crippen molar-refractivity contribution in [1.82, 2.24) is 10.4 Å². The van der Waals surface area contributed by atoms with Crippen molar-refractivity contribution in [3.05, 3.63) is 80.9 Å². The first-order valence-corrected chi connectivity index (χ1v) is 13.3. The molecule has 0 bridgehead atoms. The van der Waals surface area contributed by atoms with E-state index in [1.54, 1.807) is 24.7 Å². The third-order valence-corrected chi connectivity index (χ3v) is 7.74. The zero-order chi connectivity index (χ0) is 23.9. The normalized spacial score (nSPS) is 11.1. The number of thioether (sulfide) groups is 1. The minimum Gasteiger partial charge on any atom is -0.493 e. The van der Waals surface area contributed by atoms with Gasteiger partial charge in [0.15, 0.2) is 15.8 Å². The average molecular weight is 604 g/mol. The molecule has 174 valence electrons. The topological polar surface area (TPSA) is 72.8 Å². The Labute approximate surface area is 219 Å². The van der Waals surface area contributed by atoms with Gasteiger partial charge in [0, 0.05) is 0 Å². The number of benzene rings is 3. The first-order valence-electron chi connectivity index (χ1n) is 10.4. The maximum atomic E-state index is 12.2. The van der Waals surface area contributed by atoms with Crippen molar-refractivity contribution in [2.75, 3.05) is 12.9 Å². The molecule has 3 aromatic carbocycles. The number of hydrogen-bond acceptors (Lipinski definition) is 7. The maximum absolute atomic E-state index is 12.2. The van der Waals surface area contributed by atoms with Crippen LogP contribution in [0.2, 0.25) is 0 Å². The van der Waals surface area contributed by atoms with Crippen molar-refractivity contribution < 1.29 is 14.3 Å². The minimum atomic E-state index is -0.194. The molecule has 0 aliphatic carbocycles. The summed E-state index contributed by atoms with van der Waals surface area (Å²) >= 11 is 5.19. The van der Waals surface area contributed by atoms with E-state index in [2.05, 4.69) is 57.2 Å². The Kier molecular flexibility index (Phi) is 8.41. The molecule has 1 heterocycles. The Hall–Kier alpha value is -2.63. The molecule has 0 aliphatic rings. The van der Waals surface area contributed by atoms with E-state index in [1.807, 2.05) is 48.5 Å². The smallest absolute Gasteiger partial charge is 0.250 e. The summed E-state index contributed by atoms with van der Waals surface area (Å²) in [5, 5.41) is 4.09. The summed E-state index contributed by atoms with van der Waals surface area (Å²) in [6, 6.07) is 19.9. The predicted octanol–water partition coefficient (Wildman–Crippen LogP) is 6.04. The number of hydrogen-bond donors (Lipinski definition) is 1. The molecule has 0 spiro atoms. The molecular weight excluding hydrogens is 581 g/mol. The van der Waals surface area contributed by atoms with Gasteiger partial charge in [0.05, 0.1) is 32.9 Å². The fraction of sp³-hybridized carbons (Fsp3) is 0.160. The molecule has 4 rings (SSSR count). The monoisotopic (exact) mass is 603 g/mol. The lowest BCUT2D eigenvalue weighted by atomic mass is 10.2. The number of aromatic nitrogens is 1. The number of ether oxygens (including phenoxy) is 2. The van der Waals surface area contributed by atoms with Crippen molar-refractivity contribution >= 4 is 68.0 Å². The summed E-state index contributed by atoms with van der Waals surface area (Å²) in [4.78, 5) is 16.7. The SMILES string of the molecule is COc1cc(/C=N\NC(=O)CSc2nc3ccccc3s2)cc(I)c1OCc1ccc(C)cc1. The van der Waals surface area contributed by atoms with Gasteiger partial charge < -0.3 is 9.47 Å². The van der Waals surface area contributed by atoms with E-state index in [9.17, 15) is 4.79 Å². The minimum absolute atomic E-state index is 0.194. The van der Waals surface area contributed by atoms with Gasteiger partial charge in [-0.2, -0.15) is 5.10 Å². The van der Waals surface area contributed by atoms with E-state index >= 15 is 0 Å². The van der Waals surface area contributed by atoms with Crippen LogP contribution in [0.4, 0.5) is 0 Å². The van der Waals surface area contributed by atoms with E-state index in [-0.39, 0.29) is 11.7 Å². The quantitative estimate of drug-likeness (QED) is 0.109. The van der Waals surface area contributed by atoms with Gasteiger partial charge in [-0.15, -0.1) is 11.3 Å². The molecule has 0 fully saturated rings. The third kappa shape index (κ3) is 6.49. The van der Waals surface area contributed by atoms with Crippen LogP contribution < -0.4 is 14.9 Å². The highest BCUT2D eigenvalue weighted by atomic mass is 127. The number of para-hydroxylation sites is 1. The lowest BCUT2D eigenvalue weighted by molar-refractivity contribution is -0.118. The lowest BCUT2D eigenvalue weighted by Crippen LogP contribution is -2.19. The number of methoxy groups -OCH3 is 1. The van der Waals surface area contributed by atoms with Crippen LogP contribution in [0.1, 0.15) is 16.7 Å². The average Bonchev–Trinajstić information content (AvgIpc) is 3.26. The van der Waals surface area contributed by atoms with Gasteiger partial charge in [-0.1, -0.05) is 53.7 Å². The van der Waals surface area contributed by atoms with E-state index in [0.717, 1.165) is 29.3 Å². The van der Waals surface area contributed by atoms with Crippen molar-refractivity contribution in [1.29, 1.82) is 0 Å².